The smallest absolute Gasteiger partial charge is 0.269 e. The summed E-state index contributed by atoms with van der Waals surface area (Å²) in [4.78, 5) is 5.32. The molecule has 0 fully saturated rings. The van der Waals surface area contributed by atoms with E-state index in [2.05, 4.69) is 4.85 Å². The van der Waals surface area contributed by atoms with Gasteiger partial charge in [0.1, 0.15) is 11.5 Å². The molecule has 0 spiro atoms. The Balaban J connectivity index is 2.27. The Labute approximate surface area is 143 Å². The molecule has 120 valence electrons. The molecule has 0 aromatic heterocycles. The van der Waals surface area contributed by atoms with Crippen molar-refractivity contribution in [1.82, 2.24) is 0 Å². The molecule has 0 amide bonds. The lowest BCUT2D eigenvalue weighted by atomic mass is 10.1. The van der Waals surface area contributed by atoms with E-state index in [0.717, 1.165) is 17.0 Å². The molecule has 0 radical (unpaired) electrons. The summed E-state index contributed by atoms with van der Waals surface area (Å²) in [7, 11) is 4.00. The summed E-state index contributed by atoms with van der Waals surface area (Å²) >= 11 is 0. The zero-order valence-corrected chi connectivity index (χ0v) is 14.1. The molecule has 0 saturated heterocycles. The first-order chi connectivity index (χ1) is 11.6. The maximum Gasteiger partial charge on any atom is 0.269 e. The summed E-state index contributed by atoms with van der Waals surface area (Å²) in [5.41, 5.74) is 2.86. The van der Waals surface area contributed by atoms with Crippen LogP contribution in [0.25, 0.3) is 10.9 Å². The van der Waals surface area contributed by atoms with Gasteiger partial charge in [0.15, 0.2) is 0 Å². The first-order valence-corrected chi connectivity index (χ1v) is 7.64. The highest BCUT2D eigenvalue weighted by molar-refractivity contribution is 5.58. The van der Waals surface area contributed by atoms with Gasteiger partial charge in [-0.15, -0.1) is 0 Å². The van der Waals surface area contributed by atoms with E-state index < -0.39 is 0 Å². The molecule has 2 rings (SSSR count). The summed E-state index contributed by atoms with van der Waals surface area (Å²) in [6, 6.07) is 10.1. The van der Waals surface area contributed by atoms with Gasteiger partial charge in [0, 0.05) is 26.2 Å². The Morgan fingerprint density at radius 3 is 2.50 bits per heavy atom. The van der Waals surface area contributed by atoms with Gasteiger partial charge >= 0.3 is 0 Å². The van der Waals surface area contributed by atoms with Crippen molar-refractivity contribution < 1.29 is 4.74 Å². The van der Waals surface area contributed by atoms with Crippen LogP contribution in [0.1, 0.15) is 18.9 Å². The molecule has 24 heavy (non-hydrogen) atoms. The average Bonchev–Trinajstić information content (AvgIpc) is 2.61. The van der Waals surface area contributed by atoms with E-state index in [1.54, 1.807) is 12.2 Å². The number of rotatable bonds is 4. The molecular formula is C20H19N3O. The largest absolute Gasteiger partial charge is 0.462 e. The van der Waals surface area contributed by atoms with Gasteiger partial charge in [-0.1, -0.05) is 25.1 Å². The summed E-state index contributed by atoms with van der Waals surface area (Å²) in [6.45, 7) is 9.07. The first kappa shape index (κ1) is 17.1. The maximum atomic E-state index is 9.06. The van der Waals surface area contributed by atoms with Gasteiger partial charge in [-0.2, -0.15) is 0 Å². The molecule has 1 heterocycles. The van der Waals surface area contributed by atoms with Crippen LogP contribution in [0.2, 0.25) is 0 Å². The van der Waals surface area contributed by atoms with Crippen molar-refractivity contribution >= 4 is 11.8 Å². The van der Waals surface area contributed by atoms with E-state index in [4.69, 9.17) is 16.6 Å². The molecule has 4 nitrogen and oxygen atoms in total. The van der Waals surface area contributed by atoms with E-state index in [0.29, 0.717) is 17.8 Å². The third-order valence-corrected chi connectivity index (χ3v) is 3.55. The van der Waals surface area contributed by atoms with Gasteiger partial charge in [0.05, 0.1) is 12.6 Å². The number of ether oxygens (including phenoxy) is 1. The quantitative estimate of drug-likeness (QED) is 0.598. The number of nitrogens with zero attached hydrogens (tertiary/aromatic N) is 3. The fourth-order valence-electron chi connectivity index (χ4n) is 2.19. The van der Waals surface area contributed by atoms with E-state index >= 15 is 0 Å². The van der Waals surface area contributed by atoms with Crippen molar-refractivity contribution in [3.05, 3.63) is 82.3 Å². The lowest BCUT2D eigenvalue weighted by Crippen LogP contribution is -2.07. The van der Waals surface area contributed by atoms with Crippen LogP contribution in [-0.4, -0.2) is 14.1 Å². The van der Waals surface area contributed by atoms with Crippen molar-refractivity contribution in [1.29, 1.82) is 5.26 Å². The number of hydrogen-bond donors (Lipinski definition) is 0. The van der Waals surface area contributed by atoms with Crippen LogP contribution in [0, 0.1) is 17.9 Å². The molecule has 0 N–H and O–H groups in total. The minimum absolute atomic E-state index is 0.0745. The Kier molecular flexibility index (Phi) is 5.60. The van der Waals surface area contributed by atoms with Crippen molar-refractivity contribution in [3.63, 3.8) is 0 Å². The SMILES string of the molecule is [C-]#[N+]/C(C#N)=C1C=C(/C=C/c2ccc(N(C)C)cc2)OC(CC)=C\1. The predicted octanol–water partition coefficient (Wildman–Crippen LogP) is 4.67. The first-order valence-electron chi connectivity index (χ1n) is 7.64. The van der Waals surface area contributed by atoms with Crippen LogP contribution in [0.15, 0.2) is 65.3 Å². The zero-order valence-electron chi connectivity index (χ0n) is 14.1. The molecule has 1 aliphatic rings. The van der Waals surface area contributed by atoms with Crippen molar-refractivity contribution in [2.45, 2.75) is 13.3 Å². The third kappa shape index (κ3) is 4.15. The van der Waals surface area contributed by atoms with Crippen LogP contribution in [0.5, 0.6) is 0 Å². The highest BCUT2D eigenvalue weighted by Crippen LogP contribution is 2.25. The Morgan fingerprint density at radius 2 is 1.96 bits per heavy atom. The molecule has 1 aromatic carbocycles. The molecule has 0 unspecified atom stereocenters. The number of hydrogen-bond acceptors (Lipinski definition) is 3. The second-order valence-corrected chi connectivity index (χ2v) is 5.46. The second-order valence-electron chi connectivity index (χ2n) is 5.46. The molecule has 0 bridgehead atoms. The topological polar surface area (TPSA) is 40.6 Å². The Bertz CT molecular complexity index is 794. The standard InChI is InChI=1S/C20H19N3O/c1-5-18-12-16(20(14-21)22-2)13-19(24-18)11-8-15-6-9-17(10-7-15)23(3)4/h6-13H,5H2,1,3-4H3/b11-8+,20-16-. The van der Waals surface area contributed by atoms with E-state index in [-0.39, 0.29) is 5.70 Å². The van der Waals surface area contributed by atoms with Gasteiger partial charge in [0.2, 0.25) is 0 Å². The third-order valence-electron chi connectivity index (χ3n) is 3.55. The number of anilines is 1. The second kappa shape index (κ2) is 7.85. The number of nitriles is 1. The predicted molar refractivity (Wildman–Crippen MR) is 96.6 cm³/mol. The van der Waals surface area contributed by atoms with Gasteiger partial charge in [-0.3, -0.25) is 0 Å². The molecule has 1 aliphatic heterocycles. The molecule has 0 aliphatic carbocycles. The average molecular weight is 317 g/mol. The Morgan fingerprint density at radius 1 is 1.25 bits per heavy atom. The van der Waals surface area contributed by atoms with Crippen molar-refractivity contribution in [3.8, 4) is 6.07 Å². The van der Waals surface area contributed by atoms with Crippen LogP contribution in [0.4, 0.5) is 5.69 Å². The zero-order chi connectivity index (χ0) is 17.5. The fraction of sp³-hybridized carbons (Fsp3) is 0.200. The molecular weight excluding hydrogens is 298 g/mol. The Hall–Kier alpha value is -3.24. The lowest BCUT2D eigenvalue weighted by molar-refractivity contribution is 0.304. The van der Waals surface area contributed by atoms with Crippen LogP contribution in [0.3, 0.4) is 0 Å². The van der Waals surface area contributed by atoms with E-state index in [9.17, 15) is 0 Å². The van der Waals surface area contributed by atoms with E-state index in [1.165, 1.54) is 0 Å². The normalized spacial score (nSPS) is 15.7. The summed E-state index contributed by atoms with van der Waals surface area (Å²) < 4.78 is 5.77. The lowest BCUT2D eigenvalue weighted by Gasteiger charge is -2.15. The molecule has 1 aromatic rings. The minimum Gasteiger partial charge on any atom is -0.462 e. The number of benzene rings is 1. The van der Waals surface area contributed by atoms with E-state index in [1.807, 2.05) is 68.4 Å². The van der Waals surface area contributed by atoms with Crippen LogP contribution >= 0.6 is 0 Å². The molecule has 4 heteroatoms. The van der Waals surface area contributed by atoms with Gasteiger partial charge in [-0.25, -0.2) is 10.1 Å². The van der Waals surface area contributed by atoms with Crippen molar-refractivity contribution in [2.24, 2.45) is 0 Å². The summed E-state index contributed by atoms with van der Waals surface area (Å²) in [6.07, 6.45) is 7.97. The highest BCUT2D eigenvalue weighted by Gasteiger charge is 2.12. The minimum atomic E-state index is 0.0745. The highest BCUT2D eigenvalue weighted by atomic mass is 16.5. The summed E-state index contributed by atoms with van der Waals surface area (Å²) in [5.74, 6) is 1.36. The monoisotopic (exact) mass is 317 g/mol. The van der Waals surface area contributed by atoms with Gasteiger partial charge in [0.25, 0.3) is 5.70 Å². The van der Waals surface area contributed by atoms with Gasteiger partial charge in [-0.05, 0) is 41.5 Å². The van der Waals surface area contributed by atoms with Gasteiger partial charge < -0.3 is 9.64 Å². The van der Waals surface area contributed by atoms with Crippen molar-refractivity contribution in [2.75, 3.05) is 19.0 Å². The molecule has 0 atom stereocenters. The summed E-state index contributed by atoms with van der Waals surface area (Å²) in [5, 5.41) is 9.06. The van der Waals surface area contributed by atoms with Crippen LogP contribution < -0.4 is 4.90 Å². The maximum absolute atomic E-state index is 9.06. The molecule has 0 saturated carbocycles. The number of allylic oxidation sites excluding steroid dienone is 6. The van der Waals surface area contributed by atoms with Crippen LogP contribution in [-0.2, 0) is 4.74 Å². The fourth-order valence-corrected chi connectivity index (χ4v) is 2.19.